The van der Waals surface area contributed by atoms with Gasteiger partial charge in [-0.05, 0) is 38.5 Å². The lowest BCUT2D eigenvalue weighted by Crippen LogP contribution is -2.55. The van der Waals surface area contributed by atoms with E-state index in [0.29, 0.717) is 36.2 Å². The first-order chi connectivity index (χ1) is 12.3. The van der Waals surface area contributed by atoms with Crippen LogP contribution in [0.1, 0.15) is 68.1 Å². The van der Waals surface area contributed by atoms with Crippen molar-refractivity contribution in [3.05, 3.63) is 17.3 Å². The maximum absolute atomic E-state index is 12.9. The van der Waals surface area contributed by atoms with Crippen LogP contribution in [0.4, 0.5) is 0 Å². The number of hydrogen-bond donors (Lipinski definition) is 0. The summed E-state index contributed by atoms with van der Waals surface area (Å²) in [6.07, 6.45) is 4.57. The third-order valence-corrected chi connectivity index (χ3v) is 5.78. The molecule has 1 spiro atoms. The summed E-state index contributed by atoms with van der Waals surface area (Å²) >= 11 is 0. The van der Waals surface area contributed by atoms with Crippen LogP contribution in [0.15, 0.2) is 4.42 Å². The minimum Gasteiger partial charge on any atom is -0.445 e. The SMILES string of the molecule is Cc1nc(C(=O)N2CCCC3(CCC(=O)N(CCC(C)C)C3)C2)c(C)o1. The first-order valence-corrected chi connectivity index (χ1v) is 9.81. The van der Waals surface area contributed by atoms with Crippen LogP contribution in [0, 0.1) is 25.2 Å². The lowest BCUT2D eigenvalue weighted by molar-refractivity contribution is -0.139. The van der Waals surface area contributed by atoms with Crippen LogP contribution in [0.5, 0.6) is 0 Å². The van der Waals surface area contributed by atoms with Gasteiger partial charge in [0.15, 0.2) is 11.6 Å². The average molecular weight is 361 g/mol. The number of likely N-dealkylation sites (tertiary alicyclic amines) is 2. The Bertz CT molecular complexity index is 682. The zero-order chi connectivity index (χ0) is 18.9. The number of carbonyl (C=O) groups excluding carboxylic acids is 2. The second kappa shape index (κ2) is 7.41. The Morgan fingerprint density at radius 3 is 2.69 bits per heavy atom. The van der Waals surface area contributed by atoms with Crippen molar-refractivity contribution in [3.63, 3.8) is 0 Å². The number of aromatic nitrogens is 1. The Kier molecular flexibility index (Phi) is 5.39. The standard InChI is InChI=1S/C20H31N3O3/c1-14(2)7-11-22-12-20(9-6-17(22)24)8-5-10-23(13-20)19(25)18-15(3)26-16(4)21-18/h14H,5-13H2,1-4H3. The third-order valence-electron chi connectivity index (χ3n) is 5.78. The lowest BCUT2D eigenvalue weighted by Gasteiger charge is -2.48. The Morgan fingerprint density at radius 1 is 1.27 bits per heavy atom. The van der Waals surface area contributed by atoms with Gasteiger partial charge in [-0.15, -0.1) is 0 Å². The van der Waals surface area contributed by atoms with Crippen molar-refractivity contribution in [2.24, 2.45) is 11.3 Å². The lowest BCUT2D eigenvalue weighted by atomic mass is 9.73. The quantitative estimate of drug-likeness (QED) is 0.826. The van der Waals surface area contributed by atoms with E-state index in [1.54, 1.807) is 13.8 Å². The van der Waals surface area contributed by atoms with Crippen LogP contribution in [0.2, 0.25) is 0 Å². The molecular weight excluding hydrogens is 330 g/mol. The van der Waals surface area contributed by atoms with Gasteiger partial charge in [0.25, 0.3) is 5.91 Å². The molecule has 3 rings (SSSR count). The molecule has 1 aromatic rings. The molecule has 0 saturated carbocycles. The van der Waals surface area contributed by atoms with Gasteiger partial charge in [-0.25, -0.2) is 4.98 Å². The fourth-order valence-electron chi connectivity index (χ4n) is 4.31. The number of amides is 2. The van der Waals surface area contributed by atoms with Crippen LogP contribution in [-0.2, 0) is 4.79 Å². The Balaban J connectivity index is 1.71. The molecule has 2 aliphatic heterocycles. The maximum atomic E-state index is 12.9. The molecule has 144 valence electrons. The molecule has 0 aliphatic carbocycles. The fraction of sp³-hybridized carbons (Fsp3) is 0.750. The van der Waals surface area contributed by atoms with Crippen LogP contribution < -0.4 is 0 Å². The molecule has 1 unspecified atom stereocenters. The van der Waals surface area contributed by atoms with E-state index < -0.39 is 0 Å². The zero-order valence-electron chi connectivity index (χ0n) is 16.5. The number of piperidine rings is 2. The minimum absolute atomic E-state index is 0.0332. The van der Waals surface area contributed by atoms with Gasteiger partial charge in [-0.2, -0.15) is 0 Å². The number of rotatable bonds is 4. The average Bonchev–Trinajstić information content (AvgIpc) is 2.93. The number of oxazole rings is 1. The molecule has 2 amide bonds. The summed E-state index contributed by atoms with van der Waals surface area (Å²) in [5, 5.41) is 0. The van der Waals surface area contributed by atoms with Crippen molar-refractivity contribution in [1.82, 2.24) is 14.8 Å². The summed E-state index contributed by atoms with van der Waals surface area (Å²) in [6, 6.07) is 0. The molecule has 0 radical (unpaired) electrons. The van der Waals surface area contributed by atoms with Gasteiger partial charge < -0.3 is 14.2 Å². The van der Waals surface area contributed by atoms with Crippen molar-refractivity contribution in [2.75, 3.05) is 26.2 Å². The normalized spacial score (nSPS) is 24.0. The van der Waals surface area contributed by atoms with E-state index >= 15 is 0 Å². The van der Waals surface area contributed by atoms with E-state index in [2.05, 4.69) is 18.8 Å². The van der Waals surface area contributed by atoms with E-state index in [4.69, 9.17) is 4.42 Å². The molecule has 3 heterocycles. The predicted octanol–water partition coefficient (Wildman–Crippen LogP) is 3.18. The topological polar surface area (TPSA) is 66.7 Å². The minimum atomic E-state index is -0.0379. The first kappa shape index (κ1) is 18.9. The van der Waals surface area contributed by atoms with Crippen LogP contribution in [-0.4, -0.2) is 52.8 Å². The summed E-state index contributed by atoms with van der Waals surface area (Å²) in [5.41, 5.74) is 0.467. The van der Waals surface area contributed by atoms with Crippen molar-refractivity contribution < 1.29 is 14.0 Å². The molecule has 0 bridgehead atoms. The number of hydrogen-bond acceptors (Lipinski definition) is 4. The predicted molar refractivity (Wildman–Crippen MR) is 98.8 cm³/mol. The molecule has 6 heteroatoms. The number of aryl methyl sites for hydroxylation is 2. The van der Waals surface area contributed by atoms with E-state index in [1.165, 1.54) is 0 Å². The van der Waals surface area contributed by atoms with E-state index in [0.717, 1.165) is 45.3 Å². The fourth-order valence-corrected chi connectivity index (χ4v) is 4.31. The third kappa shape index (κ3) is 3.94. The zero-order valence-corrected chi connectivity index (χ0v) is 16.5. The van der Waals surface area contributed by atoms with Gasteiger partial charge in [0.2, 0.25) is 5.91 Å². The van der Waals surface area contributed by atoms with Crippen molar-refractivity contribution in [2.45, 2.75) is 59.8 Å². The van der Waals surface area contributed by atoms with Gasteiger partial charge >= 0.3 is 0 Å². The molecule has 1 atom stereocenters. The summed E-state index contributed by atoms with van der Waals surface area (Å²) in [4.78, 5) is 33.5. The highest BCUT2D eigenvalue weighted by atomic mass is 16.4. The van der Waals surface area contributed by atoms with Crippen LogP contribution >= 0.6 is 0 Å². The second-order valence-electron chi connectivity index (χ2n) is 8.47. The second-order valence-corrected chi connectivity index (χ2v) is 8.47. The summed E-state index contributed by atoms with van der Waals surface area (Å²) in [6.45, 7) is 11.0. The van der Waals surface area contributed by atoms with Gasteiger partial charge in [-0.3, -0.25) is 9.59 Å². The molecule has 26 heavy (non-hydrogen) atoms. The van der Waals surface area contributed by atoms with Crippen molar-refractivity contribution in [1.29, 1.82) is 0 Å². The molecule has 0 N–H and O–H groups in total. The van der Waals surface area contributed by atoms with Crippen molar-refractivity contribution >= 4 is 11.8 Å². The smallest absolute Gasteiger partial charge is 0.276 e. The van der Waals surface area contributed by atoms with E-state index in [-0.39, 0.29) is 17.2 Å². The highest BCUT2D eigenvalue weighted by Gasteiger charge is 2.43. The van der Waals surface area contributed by atoms with E-state index in [1.807, 2.05) is 9.80 Å². The maximum Gasteiger partial charge on any atom is 0.276 e. The van der Waals surface area contributed by atoms with Gasteiger partial charge in [0.05, 0.1) is 0 Å². The molecule has 0 aromatic carbocycles. The molecular formula is C20H31N3O3. The number of nitrogens with zero attached hydrogens (tertiary/aromatic N) is 3. The first-order valence-electron chi connectivity index (χ1n) is 9.81. The summed E-state index contributed by atoms with van der Waals surface area (Å²) in [7, 11) is 0. The molecule has 1 aromatic heterocycles. The highest BCUT2D eigenvalue weighted by Crippen LogP contribution is 2.39. The van der Waals surface area contributed by atoms with Crippen molar-refractivity contribution in [3.8, 4) is 0 Å². The van der Waals surface area contributed by atoms with Gasteiger partial charge in [-0.1, -0.05) is 13.8 Å². The number of carbonyl (C=O) groups is 2. The molecule has 2 saturated heterocycles. The van der Waals surface area contributed by atoms with Gasteiger partial charge in [0, 0.05) is 44.9 Å². The molecule has 2 aliphatic rings. The summed E-state index contributed by atoms with van der Waals surface area (Å²) in [5.74, 6) is 1.93. The van der Waals surface area contributed by atoms with Crippen LogP contribution in [0.25, 0.3) is 0 Å². The molecule has 2 fully saturated rings. The highest BCUT2D eigenvalue weighted by molar-refractivity contribution is 5.93. The molecule has 6 nitrogen and oxygen atoms in total. The Hall–Kier alpha value is -1.85. The largest absolute Gasteiger partial charge is 0.445 e. The van der Waals surface area contributed by atoms with Crippen LogP contribution in [0.3, 0.4) is 0 Å². The van der Waals surface area contributed by atoms with E-state index in [9.17, 15) is 9.59 Å². The summed E-state index contributed by atoms with van der Waals surface area (Å²) < 4.78 is 5.44. The Morgan fingerprint density at radius 2 is 2.04 bits per heavy atom. The van der Waals surface area contributed by atoms with Gasteiger partial charge in [0.1, 0.15) is 5.76 Å². The monoisotopic (exact) mass is 361 g/mol. The Labute approximate surface area is 155 Å².